The Morgan fingerprint density at radius 1 is 1.32 bits per heavy atom. The molecular weight excluding hydrogens is 306 g/mol. The number of nitrogens with one attached hydrogen (secondary N) is 3. The largest absolute Gasteiger partial charge is 0.374 e. The Morgan fingerprint density at radius 2 is 2.05 bits per heavy atom. The number of anilines is 2. The summed E-state index contributed by atoms with van der Waals surface area (Å²) in [6.45, 7) is 4.31. The summed E-state index contributed by atoms with van der Waals surface area (Å²) in [4.78, 5) is 0. The van der Waals surface area contributed by atoms with Crippen molar-refractivity contribution in [3.8, 4) is 0 Å². The predicted octanol–water partition coefficient (Wildman–Crippen LogP) is 3.26. The number of aliphatic hydroxyl groups is 1. The maximum atomic E-state index is 9.88. The summed E-state index contributed by atoms with van der Waals surface area (Å²) in [6, 6.07) is 6.08. The number of alkyl halides is 1. The van der Waals surface area contributed by atoms with Crippen molar-refractivity contribution in [3.63, 3.8) is 0 Å². The van der Waals surface area contributed by atoms with E-state index in [1.807, 2.05) is 19.2 Å². The maximum absolute atomic E-state index is 9.88. The molecule has 4 N–H and O–H groups in total. The molecule has 0 fully saturated rings. The topological polar surface area (TPSA) is 56.3 Å². The van der Waals surface area contributed by atoms with Gasteiger partial charge in [-0.05, 0) is 42.5 Å². The standard InChI is InChI=1S/C14H24BrN3O/c1-10(2)12-9-11(6-7-13(12)18-16-3)17-14(19)5-4-8-15/h6-7,9-10,14,16-19H,4-5,8H2,1-3H3. The summed E-state index contributed by atoms with van der Waals surface area (Å²) in [7, 11) is 1.85. The van der Waals surface area contributed by atoms with Gasteiger partial charge in [-0.1, -0.05) is 29.8 Å². The molecule has 4 nitrogen and oxygen atoms in total. The molecule has 0 saturated carbocycles. The molecule has 0 aliphatic heterocycles. The molecule has 0 bridgehead atoms. The minimum Gasteiger partial charge on any atom is -0.374 e. The molecule has 0 radical (unpaired) electrons. The quantitative estimate of drug-likeness (QED) is 0.336. The molecule has 1 aromatic rings. The zero-order valence-electron chi connectivity index (χ0n) is 11.8. The van der Waals surface area contributed by atoms with E-state index in [4.69, 9.17) is 0 Å². The van der Waals surface area contributed by atoms with Crippen LogP contribution in [0.5, 0.6) is 0 Å². The van der Waals surface area contributed by atoms with Gasteiger partial charge < -0.3 is 15.8 Å². The van der Waals surface area contributed by atoms with Crippen molar-refractivity contribution in [1.82, 2.24) is 5.43 Å². The zero-order valence-corrected chi connectivity index (χ0v) is 13.4. The molecule has 0 aliphatic rings. The molecular formula is C14H24BrN3O. The summed E-state index contributed by atoms with van der Waals surface area (Å²) in [5.74, 6) is 0.414. The number of hydrogen-bond acceptors (Lipinski definition) is 4. The van der Waals surface area contributed by atoms with E-state index >= 15 is 0 Å². The summed E-state index contributed by atoms with van der Waals surface area (Å²) in [5.41, 5.74) is 9.30. The SMILES string of the molecule is CNNc1ccc(NC(O)CCCBr)cc1C(C)C. The molecule has 0 spiro atoms. The molecule has 5 heteroatoms. The zero-order chi connectivity index (χ0) is 14.3. The van der Waals surface area contributed by atoms with Crippen LogP contribution in [0.1, 0.15) is 38.2 Å². The van der Waals surface area contributed by atoms with E-state index in [1.165, 1.54) is 5.56 Å². The molecule has 0 saturated heterocycles. The Hall–Kier alpha value is -0.780. The van der Waals surface area contributed by atoms with Gasteiger partial charge in [0.05, 0.1) is 5.69 Å². The number of rotatable bonds is 8. The third-order valence-electron chi connectivity index (χ3n) is 2.88. The highest BCUT2D eigenvalue weighted by Crippen LogP contribution is 2.27. The molecule has 1 unspecified atom stereocenters. The van der Waals surface area contributed by atoms with Gasteiger partial charge in [-0.15, -0.1) is 0 Å². The summed E-state index contributed by atoms with van der Waals surface area (Å²) in [5, 5.41) is 13.9. The average Bonchev–Trinajstić information content (AvgIpc) is 2.38. The van der Waals surface area contributed by atoms with E-state index in [2.05, 4.69) is 52.0 Å². The normalized spacial score (nSPS) is 12.5. The Bertz CT molecular complexity index is 385. The van der Waals surface area contributed by atoms with Crippen LogP contribution in [0.2, 0.25) is 0 Å². The molecule has 19 heavy (non-hydrogen) atoms. The first-order chi connectivity index (χ1) is 9.08. The monoisotopic (exact) mass is 329 g/mol. The van der Waals surface area contributed by atoms with E-state index in [0.29, 0.717) is 5.92 Å². The molecule has 0 heterocycles. The van der Waals surface area contributed by atoms with Crippen molar-refractivity contribution in [1.29, 1.82) is 0 Å². The van der Waals surface area contributed by atoms with Gasteiger partial charge in [0, 0.05) is 18.1 Å². The van der Waals surface area contributed by atoms with Crippen LogP contribution in [-0.4, -0.2) is 23.7 Å². The lowest BCUT2D eigenvalue weighted by molar-refractivity contribution is 0.192. The fraction of sp³-hybridized carbons (Fsp3) is 0.571. The number of hydrazine groups is 1. The fourth-order valence-corrected chi connectivity index (χ4v) is 2.24. The molecule has 1 aromatic carbocycles. The van der Waals surface area contributed by atoms with E-state index < -0.39 is 6.23 Å². The number of halogens is 1. The van der Waals surface area contributed by atoms with Crippen molar-refractivity contribution in [2.24, 2.45) is 0 Å². The van der Waals surface area contributed by atoms with E-state index in [0.717, 1.165) is 29.5 Å². The van der Waals surface area contributed by atoms with Crippen molar-refractivity contribution in [2.75, 3.05) is 23.1 Å². The van der Waals surface area contributed by atoms with E-state index in [-0.39, 0.29) is 0 Å². The summed E-state index contributed by atoms with van der Waals surface area (Å²) in [6.07, 6.45) is 1.18. The highest BCUT2D eigenvalue weighted by atomic mass is 79.9. The highest BCUT2D eigenvalue weighted by Gasteiger charge is 2.09. The Labute approximate surface area is 124 Å². The maximum Gasteiger partial charge on any atom is 0.124 e. The van der Waals surface area contributed by atoms with Gasteiger partial charge in [-0.2, -0.15) is 0 Å². The van der Waals surface area contributed by atoms with Crippen LogP contribution < -0.4 is 16.2 Å². The van der Waals surface area contributed by atoms with Crippen LogP contribution >= 0.6 is 15.9 Å². The summed E-state index contributed by atoms with van der Waals surface area (Å²) >= 11 is 3.37. The van der Waals surface area contributed by atoms with Crippen molar-refractivity contribution in [2.45, 2.75) is 38.8 Å². The first-order valence-electron chi connectivity index (χ1n) is 6.65. The second-order valence-electron chi connectivity index (χ2n) is 4.82. The lowest BCUT2D eigenvalue weighted by atomic mass is 10.0. The lowest BCUT2D eigenvalue weighted by Crippen LogP contribution is -2.20. The highest BCUT2D eigenvalue weighted by molar-refractivity contribution is 9.09. The van der Waals surface area contributed by atoms with Gasteiger partial charge in [0.15, 0.2) is 0 Å². The first kappa shape index (κ1) is 16.3. The van der Waals surface area contributed by atoms with Crippen molar-refractivity contribution >= 4 is 27.3 Å². The third kappa shape index (κ3) is 5.38. The smallest absolute Gasteiger partial charge is 0.124 e. The van der Waals surface area contributed by atoms with Crippen LogP contribution in [0.3, 0.4) is 0 Å². The van der Waals surface area contributed by atoms with Gasteiger partial charge in [0.2, 0.25) is 0 Å². The first-order valence-corrected chi connectivity index (χ1v) is 7.78. The van der Waals surface area contributed by atoms with Gasteiger partial charge >= 0.3 is 0 Å². The minimum atomic E-state index is -0.499. The van der Waals surface area contributed by atoms with Crippen molar-refractivity contribution < 1.29 is 5.11 Å². The Balaban J connectivity index is 2.77. The van der Waals surface area contributed by atoms with E-state index in [1.54, 1.807) is 0 Å². The molecule has 108 valence electrons. The van der Waals surface area contributed by atoms with Crippen LogP contribution in [0.25, 0.3) is 0 Å². The average molecular weight is 330 g/mol. The second-order valence-corrected chi connectivity index (χ2v) is 5.62. The molecule has 1 atom stereocenters. The van der Waals surface area contributed by atoms with Crippen LogP contribution in [0, 0.1) is 0 Å². The summed E-state index contributed by atoms with van der Waals surface area (Å²) < 4.78 is 0. The van der Waals surface area contributed by atoms with Crippen LogP contribution in [0.4, 0.5) is 11.4 Å². The predicted molar refractivity (Wildman–Crippen MR) is 85.9 cm³/mol. The van der Waals surface area contributed by atoms with Gasteiger partial charge in [0.25, 0.3) is 0 Å². The van der Waals surface area contributed by atoms with Crippen molar-refractivity contribution in [3.05, 3.63) is 23.8 Å². The molecule has 1 rings (SSSR count). The van der Waals surface area contributed by atoms with Gasteiger partial charge in [-0.25, -0.2) is 5.43 Å². The minimum absolute atomic E-state index is 0.414. The number of benzene rings is 1. The Kier molecular flexibility index (Phi) is 7.20. The van der Waals surface area contributed by atoms with Gasteiger partial charge in [-0.3, -0.25) is 0 Å². The Morgan fingerprint density at radius 3 is 2.63 bits per heavy atom. The molecule has 0 amide bonds. The lowest BCUT2D eigenvalue weighted by Gasteiger charge is -2.18. The number of hydrogen-bond donors (Lipinski definition) is 4. The molecule has 0 aliphatic carbocycles. The molecule has 0 aromatic heterocycles. The van der Waals surface area contributed by atoms with Gasteiger partial charge in [0.1, 0.15) is 6.23 Å². The second kappa shape index (κ2) is 8.40. The van der Waals surface area contributed by atoms with Crippen LogP contribution in [0.15, 0.2) is 18.2 Å². The van der Waals surface area contributed by atoms with E-state index in [9.17, 15) is 5.11 Å². The van der Waals surface area contributed by atoms with Crippen LogP contribution in [-0.2, 0) is 0 Å². The number of aliphatic hydroxyl groups excluding tert-OH is 1. The fourth-order valence-electron chi connectivity index (χ4n) is 1.91. The third-order valence-corrected chi connectivity index (χ3v) is 3.44.